The van der Waals surface area contributed by atoms with E-state index in [0.29, 0.717) is 15.0 Å². The molecule has 0 aliphatic heterocycles. The molecule has 0 aliphatic carbocycles. The van der Waals surface area contributed by atoms with E-state index < -0.39 is 20.7 Å². The average molecular weight is 415 g/mol. The van der Waals surface area contributed by atoms with Gasteiger partial charge in [-0.05, 0) is 30.3 Å². The van der Waals surface area contributed by atoms with Gasteiger partial charge < -0.3 is 4.57 Å². The van der Waals surface area contributed by atoms with Gasteiger partial charge in [0.05, 0.1) is 26.6 Å². The summed E-state index contributed by atoms with van der Waals surface area (Å²) in [5.41, 5.74) is 0.770. The van der Waals surface area contributed by atoms with Gasteiger partial charge >= 0.3 is 0 Å². The number of non-ortho nitro benzene ring substituents is 1. The summed E-state index contributed by atoms with van der Waals surface area (Å²) < 4.78 is 25.2. The van der Waals surface area contributed by atoms with E-state index in [1.165, 1.54) is 36.4 Å². The van der Waals surface area contributed by atoms with Crippen LogP contribution < -0.4 is 4.80 Å². The molecular weight excluding hydrogens is 402 g/mol. The summed E-state index contributed by atoms with van der Waals surface area (Å²) in [6, 6.07) is 9.75. The number of terminal acetylenes is 1. The number of carbonyl (C=O) groups is 1. The molecule has 0 spiro atoms. The highest BCUT2D eigenvalue weighted by molar-refractivity contribution is 7.90. The third-order valence-corrected chi connectivity index (χ3v) is 6.02. The summed E-state index contributed by atoms with van der Waals surface area (Å²) >= 11 is 1.11. The summed E-state index contributed by atoms with van der Waals surface area (Å²) in [6.07, 6.45) is 6.48. The average Bonchev–Trinajstić information content (AvgIpc) is 2.98. The van der Waals surface area contributed by atoms with Gasteiger partial charge in [0.25, 0.3) is 11.6 Å². The molecule has 2 aromatic carbocycles. The second-order valence-corrected chi connectivity index (χ2v) is 8.82. The molecule has 0 saturated heterocycles. The van der Waals surface area contributed by atoms with E-state index in [1.54, 1.807) is 10.6 Å². The van der Waals surface area contributed by atoms with Crippen molar-refractivity contribution in [3.8, 4) is 12.3 Å². The number of thiazole rings is 1. The largest absolute Gasteiger partial charge is 0.305 e. The summed E-state index contributed by atoms with van der Waals surface area (Å²) in [4.78, 5) is 27.4. The van der Waals surface area contributed by atoms with E-state index in [2.05, 4.69) is 10.9 Å². The minimum absolute atomic E-state index is 0.0733. The molecule has 8 nitrogen and oxygen atoms in total. The molecule has 0 N–H and O–H groups in total. The Morgan fingerprint density at radius 3 is 2.54 bits per heavy atom. The monoisotopic (exact) mass is 415 g/mol. The van der Waals surface area contributed by atoms with E-state index in [4.69, 9.17) is 6.42 Å². The Balaban J connectivity index is 2.09. The number of nitro groups is 1. The summed E-state index contributed by atoms with van der Waals surface area (Å²) in [5, 5.41) is 11.0. The van der Waals surface area contributed by atoms with Gasteiger partial charge in [-0.15, -0.1) is 6.42 Å². The number of sulfone groups is 1. The Kier molecular flexibility index (Phi) is 5.13. The number of aromatic nitrogens is 1. The Morgan fingerprint density at radius 1 is 1.29 bits per heavy atom. The van der Waals surface area contributed by atoms with Crippen molar-refractivity contribution < 1.29 is 18.1 Å². The molecule has 28 heavy (non-hydrogen) atoms. The van der Waals surface area contributed by atoms with E-state index >= 15 is 0 Å². The van der Waals surface area contributed by atoms with Gasteiger partial charge in [0, 0.05) is 24.0 Å². The molecule has 10 heteroatoms. The van der Waals surface area contributed by atoms with E-state index in [-0.39, 0.29) is 22.7 Å². The summed E-state index contributed by atoms with van der Waals surface area (Å²) in [5.74, 6) is 1.90. The molecule has 1 amide bonds. The first-order valence-electron chi connectivity index (χ1n) is 7.81. The number of carbonyl (C=O) groups excluding carboxylic acids is 1. The van der Waals surface area contributed by atoms with Crippen LogP contribution in [0.5, 0.6) is 0 Å². The molecule has 0 unspecified atom stereocenters. The highest BCUT2D eigenvalue weighted by atomic mass is 32.2. The maximum atomic E-state index is 12.5. The Hall–Kier alpha value is -3.29. The second kappa shape index (κ2) is 7.38. The van der Waals surface area contributed by atoms with Crippen molar-refractivity contribution in [1.82, 2.24) is 4.57 Å². The van der Waals surface area contributed by atoms with Gasteiger partial charge in [0.2, 0.25) is 0 Å². The number of hydrogen-bond acceptors (Lipinski definition) is 6. The quantitative estimate of drug-likeness (QED) is 0.369. The van der Waals surface area contributed by atoms with Crippen LogP contribution in [-0.2, 0) is 16.4 Å². The lowest BCUT2D eigenvalue weighted by Gasteiger charge is -2.01. The van der Waals surface area contributed by atoms with Crippen LogP contribution in [0.3, 0.4) is 0 Å². The van der Waals surface area contributed by atoms with E-state index in [0.717, 1.165) is 17.6 Å². The van der Waals surface area contributed by atoms with Gasteiger partial charge in [-0.1, -0.05) is 17.3 Å². The standard InChI is InChI=1S/C18H13N3O5S2/c1-3-10-20-15-9-6-13(21(23)24)11-16(15)27-18(20)19-17(22)12-4-7-14(8-5-12)28(2,25)26/h1,4-9,11H,10H2,2H3. The van der Waals surface area contributed by atoms with Gasteiger partial charge in [-0.2, -0.15) is 4.99 Å². The lowest BCUT2D eigenvalue weighted by Crippen LogP contribution is -2.16. The van der Waals surface area contributed by atoms with Crippen molar-refractivity contribution in [3.63, 3.8) is 0 Å². The Labute approximate surface area is 163 Å². The zero-order chi connectivity index (χ0) is 20.5. The third kappa shape index (κ3) is 3.85. The molecule has 1 heterocycles. The van der Waals surface area contributed by atoms with Gasteiger partial charge in [0.15, 0.2) is 14.6 Å². The molecule has 0 aliphatic rings. The third-order valence-electron chi connectivity index (χ3n) is 3.85. The van der Waals surface area contributed by atoms with Crippen molar-refractivity contribution >= 4 is 43.0 Å². The van der Waals surface area contributed by atoms with Crippen molar-refractivity contribution in [2.75, 3.05) is 6.26 Å². The van der Waals surface area contributed by atoms with Crippen LogP contribution in [0.4, 0.5) is 5.69 Å². The minimum Gasteiger partial charge on any atom is -0.305 e. The van der Waals surface area contributed by atoms with Gasteiger partial charge in [-0.3, -0.25) is 14.9 Å². The molecule has 0 fully saturated rings. The first kappa shape index (κ1) is 19.5. The van der Waals surface area contributed by atoms with Crippen LogP contribution in [0.1, 0.15) is 10.4 Å². The molecule has 3 rings (SSSR count). The Bertz CT molecular complexity index is 1310. The molecule has 3 aromatic rings. The van der Waals surface area contributed by atoms with Crippen LogP contribution in [0.2, 0.25) is 0 Å². The Morgan fingerprint density at radius 2 is 1.96 bits per heavy atom. The summed E-state index contributed by atoms with van der Waals surface area (Å²) in [6.45, 7) is 0.136. The number of nitro benzene ring substituents is 1. The number of benzene rings is 2. The number of nitrogens with zero attached hydrogens (tertiary/aromatic N) is 3. The normalized spacial score (nSPS) is 12.1. The van der Waals surface area contributed by atoms with Crippen molar-refractivity contribution in [2.24, 2.45) is 4.99 Å². The van der Waals surface area contributed by atoms with E-state index in [1.807, 2.05) is 0 Å². The lowest BCUT2D eigenvalue weighted by atomic mass is 10.2. The number of fused-ring (bicyclic) bond motifs is 1. The van der Waals surface area contributed by atoms with Crippen LogP contribution in [0, 0.1) is 22.5 Å². The predicted octanol–water partition coefficient (Wildman–Crippen LogP) is 2.39. The molecule has 142 valence electrons. The number of amides is 1. The first-order valence-corrected chi connectivity index (χ1v) is 10.5. The summed E-state index contributed by atoms with van der Waals surface area (Å²) in [7, 11) is -3.37. The minimum atomic E-state index is -3.37. The van der Waals surface area contributed by atoms with Crippen LogP contribution >= 0.6 is 11.3 Å². The topological polar surface area (TPSA) is 112 Å². The molecule has 0 radical (unpaired) electrons. The highest BCUT2D eigenvalue weighted by Crippen LogP contribution is 2.23. The fraction of sp³-hybridized carbons (Fsp3) is 0.111. The SMILES string of the molecule is C#CCn1c(=NC(=O)c2ccc(S(C)(=O)=O)cc2)sc2cc([N+](=O)[O-])ccc21. The maximum absolute atomic E-state index is 12.5. The van der Waals surface area contributed by atoms with E-state index in [9.17, 15) is 23.3 Å². The molecule has 1 aromatic heterocycles. The lowest BCUT2D eigenvalue weighted by molar-refractivity contribution is -0.384. The molecule has 0 atom stereocenters. The molecular formula is C18H13N3O5S2. The predicted molar refractivity (Wildman–Crippen MR) is 105 cm³/mol. The van der Waals surface area contributed by atoms with Crippen molar-refractivity contribution in [3.05, 3.63) is 62.9 Å². The smallest absolute Gasteiger partial charge is 0.279 e. The number of rotatable bonds is 4. The van der Waals surface area contributed by atoms with Crippen LogP contribution in [0.25, 0.3) is 10.2 Å². The van der Waals surface area contributed by atoms with Gasteiger partial charge in [-0.25, -0.2) is 8.42 Å². The van der Waals surface area contributed by atoms with Crippen LogP contribution in [-0.4, -0.2) is 30.1 Å². The molecule has 0 bridgehead atoms. The van der Waals surface area contributed by atoms with Crippen LogP contribution in [0.15, 0.2) is 52.4 Å². The molecule has 0 saturated carbocycles. The zero-order valence-corrected chi connectivity index (χ0v) is 16.2. The number of hydrogen-bond donors (Lipinski definition) is 0. The maximum Gasteiger partial charge on any atom is 0.279 e. The second-order valence-electron chi connectivity index (χ2n) is 5.80. The van der Waals surface area contributed by atoms with Gasteiger partial charge in [0.1, 0.15) is 0 Å². The fourth-order valence-corrected chi connectivity index (χ4v) is 4.19. The fourth-order valence-electron chi connectivity index (χ4n) is 2.50. The zero-order valence-electron chi connectivity index (χ0n) is 14.5. The first-order chi connectivity index (χ1) is 13.2. The highest BCUT2D eigenvalue weighted by Gasteiger charge is 2.13. The van der Waals surface area contributed by atoms with Crippen molar-refractivity contribution in [1.29, 1.82) is 0 Å². The van der Waals surface area contributed by atoms with Crippen molar-refractivity contribution in [2.45, 2.75) is 11.4 Å².